The smallest absolute Gasteiger partial charge is 0.326 e. The van der Waals surface area contributed by atoms with Crippen LogP contribution >= 0.6 is 0 Å². The van der Waals surface area contributed by atoms with Crippen LogP contribution in [0.3, 0.4) is 0 Å². The third-order valence-electron chi connectivity index (χ3n) is 7.74. The van der Waals surface area contributed by atoms with E-state index in [1.165, 1.54) is 40.2 Å². The first-order chi connectivity index (χ1) is 19.7. The molecule has 0 aliphatic carbocycles. The number of carbonyl (C=O) groups is 4. The van der Waals surface area contributed by atoms with Gasteiger partial charge in [-0.05, 0) is 29.3 Å². The molecule has 0 amide bonds. The third-order valence-corrected chi connectivity index (χ3v) is 12.7. The summed E-state index contributed by atoms with van der Waals surface area (Å²) in [6.45, 7) is 8.83. The van der Waals surface area contributed by atoms with Crippen LogP contribution in [0, 0.1) is 16.7 Å². The van der Waals surface area contributed by atoms with Crippen LogP contribution in [0.15, 0.2) is 72.8 Å². The lowest BCUT2D eigenvalue weighted by Gasteiger charge is -2.44. The maximum absolute atomic E-state index is 13.3. The molecule has 0 fully saturated rings. The van der Waals surface area contributed by atoms with Gasteiger partial charge in [0.25, 0.3) is 8.32 Å². The maximum Gasteiger partial charge on any atom is 0.326 e. The Balaban J connectivity index is 2.84. The van der Waals surface area contributed by atoms with Crippen molar-refractivity contribution in [1.82, 2.24) is 0 Å². The van der Waals surface area contributed by atoms with E-state index in [9.17, 15) is 19.2 Å². The van der Waals surface area contributed by atoms with Crippen LogP contribution in [-0.2, 0) is 42.6 Å². The normalized spacial score (nSPS) is 13.3. The van der Waals surface area contributed by atoms with Gasteiger partial charge in [-0.25, -0.2) is 0 Å². The quantitative estimate of drug-likeness (QED) is 0.119. The number of hydrogen-bond acceptors (Lipinski definition) is 9. The fourth-order valence-corrected chi connectivity index (χ4v) is 9.74. The molecule has 0 radical (unpaired) electrons. The predicted octanol–water partition coefficient (Wildman–Crippen LogP) is 3.44. The van der Waals surface area contributed by atoms with E-state index in [2.05, 4.69) is 20.8 Å². The van der Waals surface area contributed by atoms with Gasteiger partial charge in [-0.1, -0.05) is 93.6 Å². The van der Waals surface area contributed by atoms with E-state index in [0.717, 1.165) is 24.6 Å². The van der Waals surface area contributed by atoms with Crippen molar-refractivity contribution >= 4 is 42.6 Å². The fraction of sp³-hybridized carbons (Fsp3) is 0.438. The summed E-state index contributed by atoms with van der Waals surface area (Å²) >= 11 is 0. The molecule has 0 N–H and O–H groups in total. The second kappa shape index (κ2) is 13.9. The summed E-state index contributed by atoms with van der Waals surface area (Å²) in [6.07, 6.45) is 2.70. The average Bonchev–Trinajstić information content (AvgIpc) is 3.00. The minimum absolute atomic E-state index is 0.164. The van der Waals surface area contributed by atoms with Crippen molar-refractivity contribution in [1.29, 1.82) is 0 Å². The summed E-state index contributed by atoms with van der Waals surface area (Å²) in [6, 6.07) is 19.7. The molecule has 1 atom stereocenters. The summed E-state index contributed by atoms with van der Waals surface area (Å²) in [7, 11) is 1.49. The zero-order valence-corrected chi connectivity index (χ0v) is 26.9. The molecule has 0 spiro atoms. The highest BCUT2D eigenvalue weighted by Crippen LogP contribution is 2.40. The van der Waals surface area contributed by atoms with Crippen molar-refractivity contribution in [3.8, 4) is 0 Å². The Hall–Kier alpha value is -3.76. The van der Waals surface area contributed by atoms with Gasteiger partial charge in [-0.3, -0.25) is 19.2 Å². The molecule has 2 aromatic carbocycles. The van der Waals surface area contributed by atoms with Crippen molar-refractivity contribution < 1.29 is 42.6 Å². The number of esters is 4. The highest BCUT2D eigenvalue weighted by atomic mass is 28.4. The second-order valence-corrected chi connectivity index (χ2v) is 15.6. The average molecular weight is 599 g/mol. The van der Waals surface area contributed by atoms with Crippen LogP contribution in [0.2, 0.25) is 5.04 Å². The van der Waals surface area contributed by atoms with Gasteiger partial charge in [-0.15, -0.1) is 0 Å². The van der Waals surface area contributed by atoms with Gasteiger partial charge in [0.05, 0.1) is 28.4 Å². The Labute approximate surface area is 249 Å². The lowest BCUT2D eigenvalue weighted by atomic mass is 9.75. The molecular weight excluding hydrogens is 556 g/mol. The molecule has 42 heavy (non-hydrogen) atoms. The second-order valence-electron chi connectivity index (χ2n) is 11.3. The maximum atomic E-state index is 13.3. The van der Waals surface area contributed by atoms with Crippen molar-refractivity contribution in [2.24, 2.45) is 16.7 Å². The molecular formula is C32H42O9Si. The highest BCUT2D eigenvalue weighted by molar-refractivity contribution is 6.99. The molecule has 2 rings (SSSR count). The molecule has 228 valence electrons. The van der Waals surface area contributed by atoms with E-state index in [-0.39, 0.29) is 6.61 Å². The number of benzene rings is 2. The summed E-state index contributed by atoms with van der Waals surface area (Å²) in [5.74, 6) is -4.54. The molecule has 0 heterocycles. The monoisotopic (exact) mass is 598 g/mol. The first kappa shape index (κ1) is 34.4. The van der Waals surface area contributed by atoms with Crippen molar-refractivity contribution in [2.75, 3.05) is 35.0 Å². The van der Waals surface area contributed by atoms with Crippen molar-refractivity contribution in [3.05, 3.63) is 72.8 Å². The van der Waals surface area contributed by atoms with E-state index in [1.807, 2.05) is 60.7 Å². The van der Waals surface area contributed by atoms with E-state index >= 15 is 0 Å². The lowest BCUT2D eigenvalue weighted by molar-refractivity contribution is -0.171. The van der Waals surface area contributed by atoms with E-state index in [0.29, 0.717) is 0 Å². The summed E-state index contributed by atoms with van der Waals surface area (Å²) in [4.78, 5) is 51.9. The van der Waals surface area contributed by atoms with Gasteiger partial charge in [0.1, 0.15) is 0 Å². The van der Waals surface area contributed by atoms with Crippen molar-refractivity contribution in [2.45, 2.75) is 39.7 Å². The molecule has 1 unspecified atom stereocenters. The van der Waals surface area contributed by atoms with Crippen molar-refractivity contribution in [3.63, 3.8) is 0 Å². The van der Waals surface area contributed by atoms with Crippen LogP contribution in [-0.4, -0.2) is 67.2 Å². The van der Waals surface area contributed by atoms with Gasteiger partial charge in [0, 0.05) is 12.5 Å². The standard InChI is InChI=1S/C32H42O9Si/c1-30(2,3)42(24-16-12-10-13-17-24,25-18-14-11-15-19-25)41-22-23(32(5,28(35)39-8)29(36)40-9)20-21-31(4,26(33)37-6)27(34)38-7/h10-21,23H,22H2,1-9H3/b21-20+. The molecule has 0 aromatic heterocycles. The van der Waals surface area contributed by atoms with Crippen LogP contribution in [0.4, 0.5) is 0 Å². The first-order valence-electron chi connectivity index (χ1n) is 13.5. The Bertz CT molecular complexity index is 1190. The zero-order chi connectivity index (χ0) is 31.8. The molecule has 2 aromatic rings. The van der Waals surface area contributed by atoms with E-state index in [4.69, 9.17) is 23.4 Å². The molecule has 0 aliphatic rings. The number of hydrogen-bond donors (Lipinski definition) is 0. The Kier molecular flexibility index (Phi) is 11.4. The van der Waals surface area contributed by atoms with Gasteiger partial charge < -0.3 is 23.4 Å². The lowest BCUT2D eigenvalue weighted by Crippen LogP contribution is -2.67. The Morgan fingerprint density at radius 2 is 1.05 bits per heavy atom. The SMILES string of the molecule is COC(=O)C(C)(/C=C/C(CO[Si](c1ccccc1)(c1ccccc1)C(C)(C)C)C(C)(C(=O)OC)C(=O)OC)C(=O)OC. The summed E-state index contributed by atoms with van der Waals surface area (Å²) in [5, 5.41) is 1.56. The summed E-state index contributed by atoms with van der Waals surface area (Å²) in [5.41, 5.74) is -3.77. The van der Waals surface area contributed by atoms with Gasteiger partial charge >= 0.3 is 23.9 Å². The predicted molar refractivity (Wildman–Crippen MR) is 160 cm³/mol. The van der Waals surface area contributed by atoms with E-state index < -0.39 is 54.0 Å². The topological polar surface area (TPSA) is 114 Å². The molecule has 9 nitrogen and oxygen atoms in total. The first-order valence-corrected chi connectivity index (χ1v) is 15.4. The van der Waals surface area contributed by atoms with Crippen LogP contribution in [0.5, 0.6) is 0 Å². The molecule has 0 aliphatic heterocycles. The molecule has 0 saturated carbocycles. The Morgan fingerprint density at radius 1 is 0.667 bits per heavy atom. The highest BCUT2D eigenvalue weighted by Gasteiger charge is 2.54. The van der Waals surface area contributed by atoms with Gasteiger partial charge in [0.15, 0.2) is 10.8 Å². The molecule has 0 bridgehead atoms. The van der Waals surface area contributed by atoms with Crippen LogP contribution in [0.1, 0.15) is 34.6 Å². The largest absolute Gasteiger partial charge is 0.468 e. The van der Waals surface area contributed by atoms with Crippen LogP contribution < -0.4 is 10.4 Å². The fourth-order valence-electron chi connectivity index (χ4n) is 5.15. The van der Waals surface area contributed by atoms with Gasteiger partial charge in [-0.2, -0.15) is 0 Å². The number of rotatable bonds is 12. The van der Waals surface area contributed by atoms with E-state index in [1.54, 1.807) is 0 Å². The molecule has 10 heteroatoms. The number of methoxy groups -OCH3 is 4. The van der Waals surface area contributed by atoms with Gasteiger partial charge in [0.2, 0.25) is 0 Å². The molecule has 0 saturated heterocycles. The zero-order valence-electron chi connectivity index (χ0n) is 25.9. The summed E-state index contributed by atoms with van der Waals surface area (Å²) < 4.78 is 26.9. The minimum Gasteiger partial charge on any atom is -0.468 e. The van der Waals surface area contributed by atoms with Crippen LogP contribution in [0.25, 0.3) is 0 Å². The Morgan fingerprint density at radius 3 is 1.38 bits per heavy atom. The number of ether oxygens (including phenoxy) is 4. The number of carbonyl (C=O) groups excluding carboxylic acids is 4. The third kappa shape index (κ3) is 6.49. The minimum atomic E-state index is -3.13.